The number of hydrogen-bond donors (Lipinski definition) is 2. The summed E-state index contributed by atoms with van der Waals surface area (Å²) in [6.07, 6.45) is -3.75. The fourth-order valence-corrected chi connectivity index (χ4v) is 3.92. The first-order valence-corrected chi connectivity index (χ1v) is 11.6. The number of fused-ring (bicyclic) bond motifs is 1. The lowest BCUT2D eigenvalue weighted by molar-refractivity contribution is -0.274. The number of benzene rings is 2. The molecule has 8 nitrogen and oxygen atoms in total. The number of aryl methyl sites for hydroxylation is 2. The van der Waals surface area contributed by atoms with Gasteiger partial charge in [0, 0.05) is 31.5 Å². The lowest BCUT2D eigenvalue weighted by Gasteiger charge is -2.13. The number of nitrogens with one attached hydrogen (secondary N) is 1. The number of carbonyl (C=O) groups is 1. The minimum Gasteiger partial charge on any atom is -0.405 e. The number of aromatic nitrogens is 2. The van der Waals surface area contributed by atoms with Crippen LogP contribution in [0, 0.1) is 0 Å². The molecule has 178 valence electrons. The molecule has 3 rings (SSSR count). The average molecular weight is 485 g/mol. The van der Waals surface area contributed by atoms with Crippen molar-refractivity contribution < 1.29 is 31.1 Å². The fourth-order valence-electron chi connectivity index (χ4n) is 3.38. The van der Waals surface area contributed by atoms with Gasteiger partial charge >= 0.3 is 6.36 Å². The molecule has 0 aliphatic carbocycles. The van der Waals surface area contributed by atoms with Crippen LogP contribution in [0.15, 0.2) is 47.4 Å². The Morgan fingerprint density at radius 2 is 1.94 bits per heavy atom. The van der Waals surface area contributed by atoms with Crippen LogP contribution in [0.3, 0.4) is 0 Å². The van der Waals surface area contributed by atoms with Gasteiger partial charge in [-0.2, -0.15) is 0 Å². The molecule has 33 heavy (non-hydrogen) atoms. The highest BCUT2D eigenvalue weighted by Gasteiger charge is 2.32. The van der Waals surface area contributed by atoms with E-state index in [4.69, 9.17) is 5.14 Å². The minimum atomic E-state index is -4.83. The molecule has 3 aromatic rings. The maximum Gasteiger partial charge on any atom is 0.573 e. The SMILES string of the molecule is CCCn1c(CCC(=O)NCc2ccccc2OC(F)(F)F)nc2cc(S(N)(=O)=O)ccc21. The van der Waals surface area contributed by atoms with Crippen molar-refractivity contribution in [3.8, 4) is 5.75 Å². The van der Waals surface area contributed by atoms with Crippen LogP contribution in [0.25, 0.3) is 11.0 Å². The van der Waals surface area contributed by atoms with Gasteiger partial charge in [-0.15, -0.1) is 13.2 Å². The topological polar surface area (TPSA) is 116 Å². The molecule has 0 bridgehead atoms. The second kappa shape index (κ2) is 9.79. The second-order valence-electron chi connectivity index (χ2n) is 7.31. The van der Waals surface area contributed by atoms with Crippen LogP contribution in [0.5, 0.6) is 5.75 Å². The van der Waals surface area contributed by atoms with E-state index in [1.165, 1.54) is 30.3 Å². The van der Waals surface area contributed by atoms with Crippen molar-refractivity contribution in [2.45, 2.75) is 50.5 Å². The molecular formula is C21H23F3N4O4S. The van der Waals surface area contributed by atoms with Gasteiger partial charge in [0.25, 0.3) is 0 Å². The third kappa shape index (κ3) is 6.45. The maximum atomic E-state index is 12.5. The van der Waals surface area contributed by atoms with Gasteiger partial charge in [0.05, 0.1) is 15.9 Å². The van der Waals surface area contributed by atoms with Crippen molar-refractivity contribution >= 4 is 27.0 Å². The summed E-state index contributed by atoms with van der Waals surface area (Å²) in [4.78, 5) is 16.8. The molecule has 1 heterocycles. The number of nitrogens with two attached hydrogens (primary N) is 1. The molecule has 12 heteroatoms. The number of amides is 1. The van der Waals surface area contributed by atoms with Gasteiger partial charge in [-0.05, 0) is 30.7 Å². The smallest absolute Gasteiger partial charge is 0.405 e. The zero-order chi connectivity index (χ0) is 24.2. The zero-order valence-electron chi connectivity index (χ0n) is 17.7. The van der Waals surface area contributed by atoms with E-state index >= 15 is 0 Å². The first-order chi connectivity index (χ1) is 15.5. The van der Waals surface area contributed by atoms with Gasteiger partial charge in [-0.3, -0.25) is 4.79 Å². The van der Waals surface area contributed by atoms with Crippen LogP contribution in [0.2, 0.25) is 0 Å². The van der Waals surface area contributed by atoms with Crippen molar-refractivity contribution in [1.82, 2.24) is 14.9 Å². The third-order valence-electron chi connectivity index (χ3n) is 4.82. The molecule has 1 aromatic heterocycles. The molecule has 0 unspecified atom stereocenters. The molecule has 0 atom stereocenters. The Labute approximate surface area is 188 Å². The molecule has 0 saturated heterocycles. The monoisotopic (exact) mass is 484 g/mol. The molecule has 0 fully saturated rings. The highest BCUT2D eigenvalue weighted by atomic mass is 32.2. The Morgan fingerprint density at radius 1 is 1.21 bits per heavy atom. The van der Waals surface area contributed by atoms with E-state index in [-0.39, 0.29) is 41.5 Å². The van der Waals surface area contributed by atoms with Gasteiger partial charge in [-0.1, -0.05) is 25.1 Å². The normalized spacial score (nSPS) is 12.2. The summed E-state index contributed by atoms with van der Waals surface area (Å²) in [7, 11) is -3.88. The molecule has 2 aromatic carbocycles. The van der Waals surface area contributed by atoms with Crippen molar-refractivity contribution in [2.24, 2.45) is 5.14 Å². The second-order valence-corrected chi connectivity index (χ2v) is 8.87. The number of hydrogen-bond acceptors (Lipinski definition) is 5. The molecule has 0 aliphatic rings. The Bertz CT molecular complexity index is 1260. The molecule has 0 radical (unpaired) electrons. The number of imidazole rings is 1. The van der Waals surface area contributed by atoms with E-state index in [2.05, 4.69) is 15.0 Å². The van der Waals surface area contributed by atoms with Crippen LogP contribution in [0.1, 0.15) is 31.2 Å². The number of rotatable bonds is 9. The molecular weight excluding hydrogens is 461 g/mol. The lowest BCUT2D eigenvalue weighted by atomic mass is 10.2. The van der Waals surface area contributed by atoms with E-state index < -0.39 is 16.4 Å². The van der Waals surface area contributed by atoms with Crippen molar-refractivity contribution in [2.75, 3.05) is 0 Å². The highest BCUT2D eigenvalue weighted by Crippen LogP contribution is 2.26. The van der Waals surface area contributed by atoms with Crippen molar-refractivity contribution in [1.29, 1.82) is 0 Å². The number of nitrogens with zero attached hydrogens (tertiary/aromatic N) is 2. The minimum absolute atomic E-state index is 0.0391. The fraction of sp³-hybridized carbons (Fsp3) is 0.333. The van der Waals surface area contributed by atoms with Crippen LogP contribution in [-0.4, -0.2) is 30.2 Å². The number of ether oxygens (including phenoxy) is 1. The number of para-hydroxylation sites is 1. The van der Waals surface area contributed by atoms with Crippen LogP contribution in [-0.2, 0) is 34.3 Å². The Kier molecular flexibility index (Phi) is 7.28. The van der Waals surface area contributed by atoms with E-state index in [1.807, 2.05) is 11.5 Å². The van der Waals surface area contributed by atoms with E-state index in [1.54, 1.807) is 12.1 Å². The molecule has 1 amide bonds. The number of carbonyl (C=O) groups excluding carboxylic acids is 1. The quantitative estimate of drug-likeness (QED) is 0.484. The van der Waals surface area contributed by atoms with Gasteiger partial charge in [0.2, 0.25) is 15.9 Å². The summed E-state index contributed by atoms with van der Waals surface area (Å²) in [5.41, 5.74) is 1.36. The van der Waals surface area contributed by atoms with Crippen molar-refractivity contribution in [3.05, 3.63) is 53.9 Å². The van der Waals surface area contributed by atoms with Crippen LogP contribution >= 0.6 is 0 Å². The first kappa shape index (κ1) is 24.5. The molecule has 0 aliphatic heterocycles. The molecule has 3 N–H and O–H groups in total. The number of sulfonamides is 1. The largest absolute Gasteiger partial charge is 0.573 e. The molecule has 0 saturated carbocycles. The third-order valence-corrected chi connectivity index (χ3v) is 5.74. The summed E-state index contributed by atoms with van der Waals surface area (Å²) >= 11 is 0. The van der Waals surface area contributed by atoms with Crippen LogP contribution in [0.4, 0.5) is 13.2 Å². The summed E-state index contributed by atoms with van der Waals surface area (Å²) < 4.78 is 66.8. The number of alkyl halides is 3. The van der Waals surface area contributed by atoms with Crippen molar-refractivity contribution in [3.63, 3.8) is 0 Å². The van der Waals surface area contributed by atoms with Gasteiger partial charge in [0.1, 0.15) is 11.6 Å². The standard InChI is InChI=1S/C21H23F3N4O4S/c1-2-11-28-17-8-7-15(33(25,30)31)12-16(17)27-19(28)9-10-20(29)26-13-14-5-3-4-6-18(14)32-21(22,23)24/h3-8,12H,2,9-11,13H2,1H3,(H,26,29)(H2,25,30,31). The maximum absolute atomic E-state index is 12.5. The lowest BCUT2D eigenvalue weighted by Crippen LogP contribution is -2.25. The molecule has 0 spiro atoms. The zero-order valence-corrected chi connectivity index (χ0v) is 18.5. The number of primary sulfonamides is 1. The predicted octanol–water partition coefficient (Wildman–Crippen LogP) is 3.24. The summed E-state index contributed by atoms with van der Waals surface area (Å²) in [6.45, 7) is 2.46. The number of halogens is 3. The van der Waals surface area contributed by atoms with Gasteiger partial charge < -0.3 is 14.6 Å². The summed E-state index contributed by atoms with van der Waals surface area (Å²) in [5.74, 6) is -0.160. The average Bonchev–Trinajstić information content (AvgIpc) is 3.07. The predicted molar refractivity (Wildman–Crippen MR) is 115 cm³/mol. The van der Waals surface area contributed by atoms with E-state index in [0.29, 0.717) is 17.9 Å². The van der Waals surface area contributed by atoms with E-state index in [9.17, 15) is 26.4 Å². The van der Waals surface area contributed by atoms with Gasteiger partial charge in [-0.25, -0.2) is 18.5 Å². The van der Waals surface area contributed by atoms with Gasteiger partial charge in [0.15, 0.2) is 0 Å². The summed E-state index contributed by atoms with van der Waals surface area (Å²) in [6, 6.07) is 9.99. The first-order valence-electron chi connectivity index (χ1n) is 10.1. The van der Waals surface area contributed by atoms with E-state index in [0.717, 1.165) is 11.9 Å². The highest BCUT2D eigenvalue weighted by molar-refractivity contribution is 7.89. The Balaban J connectivity index is 1.70. The van der Waals surface area contributed by atoms with Crippen LogP contribution < -0.4 is 15.2 Å². The Hall–Kier alpha value is -3.12. The summed E-state index contributed by atoms with van der Waals surface area (Å²) in [5, 5.41) is 7.78. The Morgan fingerprint density at radius 3 is 2.61 bits per heavy atom.